The van der Waals surface area contributed by atoms with E-state index in [0.717, 1.165) is 45.0 Å². The third-order valence-corrected chi connectivity index (χ3v) is 3.01. The topological polar surface area (TPSA) is 38.7 Å². The van der Waals surface area contributed by atoms with E-state index in [4.69, 9.17) is 4.74 Å². The highest BCUT2D eigenvalue weighted by Gasteiger charge is 2.30. The minimum absolute atomic E-state index is 0.0347. The van der Waals surface area contributed by atoms with Gasteiger partial charge in [-0.05, 0) is 39.0 Å². The van der Waals surface area contributed by atoms with Crippen LogP contribution in [0.3, 0.4) is 0 Å². The summed E-state index contributed by atoms with van der Waals surface area (Å²) in [6, 6.07) is 0. The van der Waals surface area contributed by atoms with Crippen LogP contribution in [0.25, 0.3) is 0 Å². The Hall–Kier alpha value is -0.700. The fourth-order valence-corrected chi connectivity index (χ4v) is 2.00. The first-order chi connectivity index (χ1) is 7.20. The van der Waals surface area contributed by atoms with E-state index in [1.165, 1.54) is 6.21 Å². The van der Waals surface area contributed by atoms with E-state index in [2.05, 4.69) is 18.8 Å². The average molecular weight is 211 g/mol. The highest BCUT2D eigenvalue weighted by Crippen LogP contribution is 2.32. The lowest BCUT2D eigenvalue weighted by Crippen LogP contribution is -2.32. The van der Waals surface area contributed by atoms with Crippen LogP contribution in [0.1, 0.15) is 46.0 Å². The van der Waals surface area contributed by atoms with Gasteiger partial charge in [-0.1, -0.05) is 6.92 Å². The molecule has 0 bridgehead atoms. The number of carbonyl (C=O) groups is 1. The van der Waals surface area contributed by atoms with Gasteiger partial charge < -0.3 is 4.74 Å². The molecule has 1 rings (SSSR count). The first kappa shape index (κ1) is 12.4. The minimum Gasteiger partial charge on any atom is -0.378 e. The molecule has 3 nitrogen and oxygen atoms in total. The Morgan fingerprint density at radius 2 is 2.13 bits per heavy atom. The summed E-state index contributed by atoms with van der Waals surface area (Å²) in [5.74, 6) is 0. The predicted octanol–water partition coefficient (Wildman–Crippen LogP) is 2.38. The Labute approximate surface area is 91.9 Å². The van der Waals surface area contributed by atoms with Crippen LogP contribution in [0.5, 0.6) is 0 Å². The first-order valence-corrected chi connectivity index (χ1v) is 5.81. The average Bonchev–Trinajstić information content (AvgIpc) is 2.26. The maximum Gasteiger partial charge on any atom is 0.160 e. The minimum atomic E-state index is -0.0347. The molecule has 3 heteroatoms. The Morgan fingerprint density at radius 3 is 2.67 bits per heavy atom. The molecule has 1 aliphatic carbocycles. The van der Waals surface area contributed by atoms with Gasteiger partial charge in [-0.15, -0.1) is 0 Å². The molecule has 0 saturated heterocycles. The van der Waals surface area contributed by atoms with Crippen LogP contribution in [-0.4, -0.2) is 30.8 Å². The van der Waals surface area contributed by atoms with E-state index < -0.39 is 0 Å². The lowest BCUT2D eigenvalue weighted by molar-refractivity contribution is -0.102. The van der Waals surface area contributed by atoms with E-state index in [-0.39, 0.29) is 5.54 Å². The molecule has 0 amide bonds. The number of aldehydes is 1. The van der Waals surface area contributed by atoms with E-state index in [9.17, 15) is 4.79 Å². The Kier molecular flexibility index (Phi) is 4.95. The van der Waals surface area contributed by atoms with Crippen LogP contribution in [-0.2, 0) is 9.53 Å². The van der Waals surface area contributed by atoms with Crippen LogP contribution in [0.4, 0.5) is 0 Å². The highest BCUT2D eigenvalue weighted by molar-refractivity contribution is 6.13. The standard InChI is InChI=1S/C12H21NO2/c1-3-10-15-11-4-6-12(2,7-5-11)13-8-9-14/h8-9,11H,3-7,10H2,1-2H3. The second kappa shape index (κ2) is 6.01. The Balaban J connectivity index is 2.33. The van der Waals surface area contributed by atoms with Crippen molar-refractivity contribution in [2.45, 2.75) is 57.6 Å². The molecule has 0 aliphatic heterocycles. The monoisotopic (exact) mass is 211 g/mol. The van der Waals surface area contributed by atoms with Gasteiger partial charge in [0.1, 0.15) is 0 Å². The Morgan fingerprint density at radius 1 is 1.47 bits per heavy atom. The van der Waals surface area contributed by atoms with Crippen molar-refractivity contribution >= 4 is 12.5 Å². The molecular weight excluding hydrogens is 190 g/mol. The van der Waals surface area contributed by atoms with Gasteiger partial charge in [-0.2, -0.15) is 0 Å². The summed E-state index contributed by atoms with van der Waals surface area (Å²) in [5.41, 5.74) is -0.0347. The van der Waals surface area contributed by atoms with Crippen molar-refractivity contribution in [1.29, 1.82) is 0 Å². The van der Waals surface area contributed by atoms with Crippen LogP contribution in [0.2, 0.25) is 0 Å². The van der Waals surface area contributed by atoms with Gasteiger partial charge in [-0.3, -0.25) is 9.79 Å². The normalized spacial score (nSPS) is 32.0. The lowest BCUT2D eigenvalue weighted by Gasteiger charge is -2.34. The second-order valence-electron chi connectivity index (χ2n) is 4.48. The summed E-state index contributed by atoms with van der Waals surface area (Å²) < 4.78 is 5.71. The molecule has 0 spiro atoms. The summed E-state index contributed by atoms with van der Waals surface area (Å²) in [5, 5.41) is 0. The summed E-state index contributed by atoms with van der Waals surface area (Å²) in [6.45, 7) is 5.10. The van der Waals surface area contributed by atoms with E-state index >= 15 is 0 Å². The molecule has 1 aliphatic rings. The first-order valence-electron chi connectivity index (χ1n) is 5.81. The van der Waals surface area contributed by atoms with Gasteiger partial charge in [0.25, 0.3) is 0 Å². The molecule has 1 fully saturated rings. The maximum atomic E-state index is 10.2. The fourth-order valence-electron chi connectivity index (χ4n) is 2.00. The summed E-state index contributed by atoms with van der Waals surface area (Å²) in [6.07, 6.45) is 7.79. The van der Waals surface area contributed by atoms with E-state index in [0.29, 0.717) is 6.10 Å². The Bertz CT molecular complexity index is 218. The number of rotatable bonds is 5. The lowest BCUT2D eigenvalue weighted by atomic mass is 9.82. The number of carbonyl (C=O) groups excluding carboxylic acids is 1. The highest BCUT2D eigenvalue weighted by atomic mass is 16.5. The zero-order valence-corrected chi connectivity index (χ0v) is 9.74. The van der Waals surface area contributed by atoms with Crippen molar-refractivity contribution in [3.63, 3.8) is 0 Å². The predicted molar refractivity (Wildman–Crippen MR) is 61.5 cm³/mol. The summed E-state index contributed by atoms with van der Waals surface area (Å²) >= 11 is 0. The van der Waals surface area contributed by atoms with Crippen LogP contribution in [0, 0.1) is 0 Å². The van der Waals surface area contributed by atoms with Crippen molar-refractivity contribution in [2.75, 3.05) is 6.61 Å². The van der Waals surface area contributed by atoms with Crippen molar-refractivity contribution in [3.05, 3.63) is 0 Å². The molecule has 0 aromatic heterocycles. The van der Waals surface area contributed by atoms with Crippen LogP contribution >= 0.6 is 0 Å². The number of aliphatic imine (C=N–C) groups is 1. The third kappa shape index (κ3) is 4.12. The zero-order chi connectivity index (χ0) is 11.1. The molecule has 0 atom stereocenters. The molecule has 15 heavy (non-hydrogen) atoms. The van der Waals surface area contributed by atoms with Crippen molar-refractivity contribution < 1.29 is 9.53 Å². The second-order valence-corrected chi connectivity index (χ2v) is 4.48. The van der Waals surface area contributed by atoms with Gasteiger partial charge in [0.2, 0.25) is 0 Å². The SMILES string of the molecule is CCCOC1CCC(C)(N=CC=O)CC1. The summed E-state index contributed by atoms with van der Waals surface area (Å²) in [7, 11) is 0. The number of hydrogen-bond donors (Lipinski definition) is 0. The van der Waals surface area contributed by atoms with Crippen molar-refractivity contribution in [2.24, 2.45) is 4.99 Å². The van der Waals surface area contributed by atoms with Gasteiger partial charge in [0, 0.05) is 6.61 Å². The maximum absolute atomic E-state index is 10.2. The molecule has 0 radical (unpaired) electrons. The number of nitrogens with zero attached hydrogens (tertiary/aromatic N) is 1. The molecule has 86 valence electrons. The quantitative estimate of drug-likeness (QED) is 0.517. The van der Waals surface area contributed by atoms with Gasteiger partial charge in [0.15, 0.2) is 6.29 Å². The zero-order valence-electron chi connectivity index (χ0n) is 9.74. The molecule has 1 saturated carbocycles. The largest absolute Gasteiger partial charge is 0.378 e. The number of ether oxygens (including phenoxy) is 1. The molecule has 0 N–H and O–H groups in total. The molecule has 0 heterocycles. The smallest absolute Gasteiger partial charge is 0.160 e. The van der Waals surface area contributed by atoms with Crippen molar-refractivity contribution in [1.82, 2.24) is 0 Å². The van der Waals surface area contributed by atoms with E-state index in [1.807, 2.05) is 0 Å². The van der Waals surface area contributed by atoms with Crippen LogP contribution < -0.4 is 0 Å². The van der Waals surface area contributed by atoms with E-state index in [1.54, 1.807) is 0 Å². The van der Waals surface area contributed by atoms with Crippen LogP contribution in [0.15, 0.2) is 4.99 Å². The van der Waals surface area contributed by atoms with Gasteiger partial charge in [0.05, 0.1) is 17.9 Å². The molecular formula is C12H21NO2. The van der Waals surface area contributed by atoms with Gasteiger partial charge in [-0.25, -0.2) is 0 Å². The fraction of sp³-hybridized carbons (Fsp3) is 0.833. The van der Waals surface area contributed by atoms with Gasteiger partial charge >= 0.3 is 0 Å². The third-order valence-electron chi connectivity index (χ3n) is 3.01. The molecule has 0 unspecified atom stereocenters. The van der Waals surface area contributed by atoms with Crippen molar-refractivity contribution in [3.8, 4) is 0 Å². The number of hydrogen-bond acceptors (Lipinski definition) is 3. The molecule has 0 aromatic rings. The molecule has 0 aromatic carbocycles. The summed E-state index contributed by atoms with van der Waals surface area (Å²) in [4.78, 5) is 14.5.